The average molecular weight is 278 g/mol. The van der Waals surface area contributed by atoms with Crippen molar-refractivity contribution in [3.05, 3.63) is 71.9 Å². The molecule has 0 saturated carbocycles. The van der Waals surface area contributed by atoms with Crippen LogP contribution in [0.15, 0.2) is 60.8 Å². The maximum atomic E-state index is 12.1. The summed E-state index contributed by atoms with van der Waals surface area (Å²) >= 11 is 0. The fourth-order valence-corrected chi connectivity index (χ4v) is 2.44. The fourth-order valence-electron chi connectivity index (χ4n) is 2.44. The van der Waals surface area contributed by atoms with E-state index in [0.717, 1.165) is 18.7 Å². The molecule has 1 heterocycles. The minimum absolute atomic E-state index is 0.0816. The molecule has 0 unspecified atom stereocenters. The van der Waals surface area contributed by atoms with Gasteiger partial charge < -0.3 is 10.6 Å². The number of allylic oxidation sites excluding steroid dienone is 1. The molecule has 106 valence electrons. The van der Waals surface area contributed by atoms with Crippen LogP contribution in [0.4, 0.5) is 5.69 Å². The number of benzene rings is 2. The van der Waals surface area contributed by atoms with Crippen molar-refractivity contribution in [3.8, 4) is 0 Å². The summed E-state index contributed by atoms with van der Waals surface area (Å²) in [6, 6.07) is 17.2. The van der Waals surface area contributed by atoms with Gasteiger partial charge in [-0.3, -0.25) is 4.79 Å². The highest BCUT2D eigenvalue weighted by atomic mass is 16.1. The lowest BCUT2D eigenvalue weighted by Gasteiger charge is -2.15. The standard InChI is InChI=1S/C18H18N2O/c21-18(15-5-2-1-3-6-15)20-17-10-8-14(9-11-17)16-7-4-12-19-13-16/h1-3,5-6,8-11,13,19H,4,7,12H2,(H,20,21). The van der Waals surface area contributed by atoms with Crippen LogP contribution in [-0.4, -0.2) is 12.5 Å². The van der Waals surface area contributed by atoms with E-state index in [1.165, 1.54) is 17.6 Å². The Morgan fingerprint density at radius 1 is 1.00 bits per heavy atom. The second-order valence-electron chi connectivity index (χ2n) is 5.12. The van der Waals surface area contributed by atoms with Gasteiger partial charge >= 0.3 is 0 Å². The topological polar surface area (TPSA) is 41.1 Å². The van der Waals surface area contributed by atoms with Crippen LogP contribution in [0, 0.1) is 0 Å². The third-order valence-electron chi connectivity index (χ3n) is 3.59. The first-order valence-corrected chi connectivity index (χ1v) is 7.22. The van der Waals surface area contributed by atoms with Crippen LogP contribution >= 0.6 is 0 Å². The molecule has 0 spiro atoms. The summed E-state index contributed by atoms with van der Waals surface area (Å²) in [7, 11) is 0. The number of nitrogens with one attached hydrogen (secondary N) is 2. The second-order valence-corrected chi connectivity index (χ2v) is 5.12. The SMILES string of the molecule is O=C(Nc1ccc(C2=CNCCC2)cc1)c1ccccc1. The first kappa shape index (κ1) is 13.4. The molecule has 1 amide bonds. The number of carbonyl (C=O) groups is 1. The summed E-state index contributed by atoms with van der Waals surface area (Å²) in [6.45, 7) is 1.05. The Labute approximate surface area is 124 Å². The highest BCUT2D eigenvalue weighted by molar-refractivity contribution is 6.04. The predicted octanol–water partition coefficient (Wildman–Crippen LogP) is 3.66. The average Bonchev–Trinajstić information content (AvgIpc) is 2.57. The van der Waals surface area contributed by atoms with Crippen molar-refractivity contribution in [1.82, 2.24) is 5.32 Å². The lowest BCUT2D eigenvalue weighted by atomic mass is 10.00. The van der Waals surface area contributed by atoms with Crippen molar-refractivity contribution in [3.63, 3.8) is 0 Å². The van der Waals surface area contributed by atoms with Crippen LogP contribution in [0.1, 0.15) is 28.8 Å². The van der Waals surface area contributed by atoms with E-state index in [1.807, 2.05) is 42.5 Å². The molecular formula is C18H18N2O. The Morgan fingerprint density at radius 3 is 2.43 bits per heavy atom. The number of hydrogen-bond donors (Lipinski definition) is 2. The quantitative estimate of drug-likeness (QED) is 0.899. The van der Waals surface area contributed by atoms with Crippen LogP contribution < -0.4 is 10.6 Å². The van der Waals surface area contributed by atoms with Gasteiger partial charge in [-0.15, -0.1) is 0 Å². The van der Waals surface area contributed by atoms with Gasteiger partial charge in [0.25, 0.3) is 5.91 Å². The van der Waals surface area contributed by atoms with Crippen molar-refractivity contribution in [2.24, 2.45) is 0 Å². The molecule has 2 aromatic rings. The lowest BCUT2D eigenvalue weighted by Crippen LogP contribution is -2.13. The van der Waals surface area contributed by atoms with Gasteiger partial charge in [0.05, 0.1) is 0 Å². The molecule has 0 radical (unpaired) electrons. The molecule has 3 rings (SSSR count). The third-order valence-corrected chi connectivity index (χ3v) is 3.59. The third kappa shape index (κ3) is 3.31. The van der Waals surface area contributed by atoms with Crippen LogP contribution in [0.2, 0.25) is 0 Å². The molecule has 21 heavy (non-hydrogen) atoms. The number of rotatable bonds is 3. The molecule has 0 bridgehead atoms. The highest BCUT2D eigenvalue weighted by Crippen LogP contribution is 2.23. The van der Waals surface area contributed by atoms with Gasteiger partial charge in [0, 0.05) is 24.0 Å². The number of hydrogen-bond acceptors (Lipinski definition) is 2. The van der Waals surface area contributed by atoms with E-state index in [2.05, 4.69) is 29.0 Å². The molecule has 3 nitrogen and oxygen atoms in total. The van der Waals surface area contributed by atoms with Crippen LogP contribution in [0.5, 0.6) is 0 Å². The monoisotopic (exact) mass is 278 g/mol. The Bertz CT molecular complexity index is 645. The first-order valence-electron chi connectivity index (χ1n) is 7.22. The Balaban J connectivity index is 1.70. The van der Waals surface area contributed by atoms with Gasteiger partial charge in [0.2, 0.25) is 0 Å². The van der Waals surface area contributed by atoms with Gasteiger partial charge in [-0.05, 0) is 48.2 Å². The molecule has 1 aliphatic rings. The van der Waals surface area contributed by atoms with Gasteiger partial charge in [-0.1, -0.05) is 30.3 Å². The maximum absolute atomic E-state index is 12.1. The molecule has 0 atom stereocenters. The van der Waals surface area contributed by atoms with Gasteiger partial charge in [0.1, 0.15) is 0 Å². The van der Waals surface area contributed by atoms with Crippen LogP contribution in [0.25, 0.3) is 5.57 Å². The van der Waals surface area contributed by atoms with E-state index in [-0.39, 0.29) is 5.91 Å². The summed E-state index contributed by atoms with van der Waals surface area (Å²) in [6.07, 6.45) is 4.35. The molecule has 0 saturated heterocycles. The molecule has 0 aliphatic carbocycles. The maximum Gasteiger partial charge on any atom is 0.255 e. The molecule has 3 heteroatoms. The van der Waals surface area contributed by atoms with Crippen molar-refractivity contribution in [2.75, 3.05) is 11.9 Å². The Morgan fingerprint density at radius 2 is 1.76 bits per heavy atom. The fraction of sp³-hybridized carbons (Fsp3) is 0.167. The van der Waals surface area contributed by atoms with E-state index in [4.69, 9.17) is 0 Å². The van der Waals surface area contributed by atoms with E-state index in [0.29, 0.717) is 5.56 Å². The van der Waals surface area contributed by atoms with Gasteiger partial charge in [0.15, 0.2) is 0 Å². The summed E-state index contributed by atoms with van der Waals surface area (Å²) in [5.74, 6) is -0.0816. The second kappa shape index (κ2) is 6.27. The molecule has 0 aromatic heterocycles. The van der Waals surface area contributed by atoms with Crippen molar-refractivity contribution in [2.45, 2.75) is 12.8 Å². The van der Waals surface area contributed by atoms with E-state index < -0.39 is 0 Å². The zero-order valence-corrected chi connectivity index (χ0v) is 11.8. The zero-order valence-electron chi connectivity index (χ0n) is 11.8. The zero-order chi connectivity index (χ0) is 14.5. The largest absolute Gasteiger partial charge is 0.391 e. The number of carbonyl (C=O) groups excluding carboxylic acids is 1. The van der Waals surface area contributed by atoms with Gasteiger partial charge in [-0.2, -0.15) is 0 Å². The van der Waals surface area contributed by atoms with Crippen LogP contribution in [0.3, 0.4) is 0 Å². The highest BCUT2D eigenvalue weighted by Gasteiger charge is 2.07. The van der Waals surface area contributed by atoms with Crippen LogP contribution in [-0.2, 0) is 0 Å². The predicted molar refractivity (Wildman–Crippen MR) is 86.1 cm³/mol. The minimum Gasteiger partial charge on any atom is -0.391 e. The van der Waals surface area contributed by atoms with Crippen molar-refractivity contribution >= 4 is 17.2 Å². The lowest BCUT2D eigenvalue weighted by molar-refractivity contribution is 0.102. The van der Waals surface area contributed by atoms with Crippen molar-refractivity contribution < 1.29 is 4.79 Å². The summed E-state index contributed by atoms with van der Waals surface area (Å²) in [5.41, 5.74) is 4.01. The van der Waals surface area contributed by atoms with E-state index in [1.54, 1.807) is 0 Å². The van der Waals surface area contributed by atoms with Gasteiger partial charge in [-0.25, -0.2) is 0 Å². The minimum atomic E-state index is -0.0816. The summed E-state index contributed by atoms with van der Waals surface area (Å²) < 4.78 is 0. The Kier molecular flexibility index (Phi) is 4.01. The summed E-state index contributed by atoms with van der Waals surface area (Å²) in [5, 5.41) is 6.18. The van der Waals surface area contributed by atoms with Crippen molar-refractivity contribution in [1.29, 1.82) is 0 Å². The molecule has 0 fully saturated rings. The molecule has 2 aromatic carbocycles. The first-order chi connectivity index (χ1) is 10.3. The molecular weight excluding hydrogens is 260 g/mol. The molecule has 2 N–H and O–H groups in total. The number of amides is 1. The smallest absolute Gasteiger partial charge is 0.255 e. The molecule has 1 aliphatic heterocycles. The normalized spacial score (nSPS) is 14.0. The Hall–Kier alpha value is -2.55. The van der Waals surface area contributed by atoms with E-state index >= 15 is 0 Å². The van der Waals surface area contributed by atoms with E-state index in [9.17, 15) is 4.79 Å². The summed E-state index contributed by atoms with van der Waals surface area (Å²) in [4.78, 5) is 12.1. The number of anilines is 1.